The van der Waals surface area contributed by atoms with Crippen LogP contribution < -0.4 is 0 Å². The smallest absolute Gasteiger partial charge is 0.138 e. The van der Waals surface area contributed by atoms with Crippen LogP contribution in [0, 0.1) is 0 Å². The third-order valence-electron chi connectivity index (χ3n) is 4.80. The SMILES string of the molecule is CN1CCC(c2cc3c(-c4ccccc4)ccnc3[nH]2)CC1. The zero-order valence-corrected chi connectivity index (χ0v) is 12.9. The van der Waals surface area contributed by atoms with E-state index < -0.39 is 0 Å². The van der Waals surface area contributed by atoms with Crippen molar-refractivity contribution in [2.45, 2.75) is 18.8 Å². The number of aromatic nitrogens is 2. The Labute approximate surface area is 131 Å². The van der Waals surface area contributed by atoms with Crippen LogP contribution in [0.25, 0.3) is 22.2 Å². The first kappa shape index (κ1) is 13.5. The standard InChI is InChI=1S/C19H21N3/c1-22-11-8-15(9-12-22)18-13-17-16(7-10-20-19(17)21-18)14-5-3-2-4-6-14/h2-7,10,13,15H,8-9,11-12H2,1H3,(H,20,21). The minimum absolute atomic E-state index is 0.633. The van der Waals surface area contributed by atoms with Crippen LogP contribution in [0.4, 0.5) is 0 Å². The van der Waals surface area contributed by atoms with Gasteiger partial charge in [0.1, 0.15) is 5.65 Å². The molecule has 0 amide bonds. The number of likely N-dealkylation sites (tertiary alicyclic amines) is 1. The van der Waals surface area contributed by atoms with E-state index in [9.17, 15) is 0 Å². The Kier molecular flexibility index (Phi) is 3.43. The number of rotatable bonds is 2. The minimum atomic E-state index is 0.633. The number of nitrogens with zero attached hydrogens (tertiary/aromatic N) is 2. The summed E-state index contributed by atoms with van der Waals surface area (Å²) in [5.74, 6) is 0.633. The van der Waals surface area contributed by atoms with Crippen molar-refractivity contribution < 1.29 is 0 Å². The molecule has 2 aromatic heterocycles. The topological polar surface area (TPSA) is 31.9 Å². The van der Waals surface area contributed by atoms with E-state index >= 15 is 0 Å². The Bertz CT molecular complexity index is 768. The largest absolute Gasteiger partial charge is 0.343 e. The van der Waals surface area contributed by atoms with Crippen LogP contribution in [-0.2, 0) is 0 Å². The van der Waals surface area contributed by atoms with Gasteiger partial charge in [-0.3, -0.25) is 0 Å². The molecule has 1 N–H and O–H groups in total. The number of piperidine rings is 1. The molecule has 3 heteroatoms. The highest BCUT2D eigenvalue weighted by Crippen LogP contribution is 2.33. The first-order valence-corrected chi connectivity index (χ1v) is 8.03. The highest BCUT2D eigenvalue weighted by Gasteiger charge is 2.20. The molecule has 0 radical (unpaired) electrons. The lowest BCUT2D eigenvalue weighted by atomic mass is 9.93. The van der Waals surface area contributed by atoms with Crippen molar-refractivity contribution in [2.24, 2.45) is 0 Å². The molecule has 0 spiro atoms. The van der Waals surface area contributed by atoms with Gasteiger partial charge in [0.25, 0.3) is 0 Å². The number of fused-ring (bicyclic) bond motifs is 1. The van der Waals surface area contributed by atoms with Crippen molar-refractivity contribution in [1.29, 1.82) is 0 Å². The van der Waals surface area contributed by atoms with Crippen LogP contribution in [0.2, 0.25) is 0 Å². The Morgan fingerprint density at radius 3 is 2.64 bits per heavy atom. The van der Waals surface area contributed by atoms with Gasteiger partial charge in [0, 0.05) is 23.2 Å². The third kappa shape index (κ3) is 2.42. The van der Waals surface area contributed by atoms with Crippen LogP contribution >= 0.6 is 0 Å². The Morgan fingerprint density at radius 1 is 1.09 bits per heavy atom. The van der Waals surface area contributed by atoms with Gasteiger partial charge in [-0.1, -0.05) is 30.3 Å². The monoisotopic (exact) mass is 291 g/mol. The molecule has 0 saturated carbocycles. The van der Waals surface area contributed by atoms with E-state index in [-0.39, 0.29) is 0 Å². The molecule has 1 saturated heterocycles. The van der Waals surface area contributed by atoms with Crippen LogP contribution in [-0.4, -0.2) is 35.0 Å². The summed E-state index contributed by atoms with van der Waals surface area (Å²) in [4.78, 5) is 10.5. The predicted molar refractivity (Wildman–Crippen MR) is 91.0 cm³/mol. The van der Waals surface area contributed by atoms with E-state index in [1.165, 1.54) is 48.1 Å². The van der Waals surface area contributed by atoms with Gasteiger partial charge in [0.05, 0.1) is 0 Å². The van der Waals surface area contributed by atoms with Crippen LogP contribution in [0.3, 0.4) is 0 Å². The van der Waals surface area contributed by atoms with Gasteiger partial charge in [-0.05, 0) is 56.2 Å². The summed E-state index contributed by atoms with van der Waals surface area (Å²) in [7, 11) is 2.20. The molecule has 3 nitrogen and oxygen atoms in total. The maximum absolute atomic E-state index is 4.53. The number of aromatic amines is 1. The van der Waals surface area contributed by atoms with Gasteiger partial charge < -0.3 is 9.88 Å². The lowest BCUT2D eigenvalue weighted by molar-refractivity contribution is 0.254. The maximum Gasteiger partial charge on any atom is 0.138 e. The van der Waals surface area contributed by atoms with Crippen LogP contribution in [0.15, 0.2) is 48.7 Å². The number of pyridine rings is 1. The maximum atomic E-state index is 4.53. The first-order chi connectivity index (χ1) is 10.8. The second-order valence-corrected chi connectivity index (χ2v) is 6.29. The van der Waals surface area contributed by atoms with Crippen molar-refractivity contribution >= 4 is 11.0 Å². The second-order valence-electron chi connectivity index (χ2n) is 6.29. The summed E-state index contributed by atoms with van der Waals surface area (Å²) in [6, 6.07) is 15.0. The summed E-state index contributed by atoms with van der Waals surface area (Å²) in [6.07, 6.45) is 4.35. The van der Waals surface area contributed by atoms with Crippen molar-refractivity contribution in [3.63, 3.8) is 0 Å². The van der Waals surface area contributed by atoms with E-state index in [0.717, 1.165) is 5.65 Å². The molecule has 1 aliphatic heterocycles. The second kappa shape index (κ2) is 5.58. The Morgan fingerprint density at radius 2 is 1.86 bits per heavy atom. The summed E-state index contributed by atoms with van der Waals surface area (Å²) >= 11 is 0. The van der Waals surface area contributed by atoms with Gasteiger partial charge in [-0.25, -0.2) is 4.98 Å². The van der Waals surface area contributed by atoms with Gasteiger partial charge in [-0.2, -0.15) is 0 Å². The fourth-order valence-electron chi connectivity index (χ4n) is 3.46. The third-order valence-corrected chi connectivity index (χ3v) is 4.80. The Balaban J connectivity index is 1.75. The van der Waals surface area contributed by atoms with E-state index in [2.05, 4.69) is 64.4 Å². The fourth-order valence-corrected chi connectivity index (χ4v) is 3.46. The van der Waals surface area contributed by atoms with Crippen molar-refractivity contribution in [3.8, 4) is 11.1 Å². The molecule has 3 aromatic rings. The van der Waals surface area contributed by atoms with Gasteiger partial charge in [0.2, 0.25) is 0 Å². The van der Waals surface area contributed by atoms with Crippen LogP contribution in [0.1, 0.15) is 24.5 Å². The first-order valence-electron chi connectivity index (χ1n) is 8.03. The number of H-pyrrole nitrogens is 1. The average Bonchev–Trinajstić information content (AvgIpc) is 3.00. The summed E-state index contributed by atoms with van der Waals surface area (Å²) in [5.41, 5.74) is 4.87. The number of nitrogens with one attached hydrogen (secondary N) is 1. The molecule has 0 unspecified atom stereocenters. The Hall–Kier alpha value is -2.13. The predicted octanol–water partition coefficient (Wildman–Crippen LogP) is 4.04. The lowest BCUT2D eigenvalue weighted by Crippen LogP contribution is -2.29. The number of hydrogen-bond acceptors (Lipinski definition) is 2. The molecule has 1 aromatic carbocycles. The zero-order chi connectivity index (χ0) is 14.9. The van der Waals surface area contributed by atoms with Crippen molar-refractivity contribution in [3.05, 3.63) is 54.4 Å². The minimum Gasteiger partial charge on any atom is -0.343 e. The highest BCUT2D eigenvalue weighted by molar-refractivity contribution is 5.93. The zero-order valence-electron chi connectivity index (χ0n) is 12.9. The lowest BCUT2D eigenvalue weighted by Gasteiger charge is -2.28. The van der Waals surface area contributed by atoms with Crippen molar-refractivity contribution in [2.75, 3.05) is 20.1 Å². The fraction of sp³-hybridized carbons (Fsp3) is 0.316. The number of benzene rings is 1. The average molecular weight is 291 g/mol. The molecule has 0 aliphatic carbocycles. The normalized spacial score (nSPS) is 17.1. The highest BCUT2D eigenvalue weighted by atomic mass is 15.1. The molecular weight excluding hydrogens is 270 g/mol. The molecule has 4 rings (SSSR count). The van der Waals surface area contributed by atoms with Crippen LogP contribution in [0.5, 0.6) is 0 Å². The molecule has 0 bridgehead atoms. The molecule has 1 fully saturated rings. The van der Waals surface area contributed by atoms with E-state index in [1.807, 2.05) is 6.20 Å². The molecule has 1 aliphatic rings. The number of hydrogen-bond donors (Lipinski definition) is 1. The quantitative estimate of drug-likeness (QED) is 0.772. The summed E-state index contributed by atoms with van der Waals surface area (Å²) in [6.45, 7) is 2.36. The molecule has 112 valence electrons. The van der Waals surface area contributed by atoms with Gasteiger partial charge >= 0.3 is 0 Å². The molecule has 0 atom stereocenters. The molecule has 22 heavy (non-hydrogen) atoms. The van der Waals surface area contributed by atoms with E-state index in [0.29, 0.717) is 5.92 Å². The van der Waals surface area contributed by atoms with E-state index in [4.69, 9.17) is 0 Å². The molecular formula is C19H21N3. The van der Waals surface area contributed by atoms with Crippen molar-refractivity contribution in [1.82, 2.24) is 14.9 Å². The molecule has 3 heterocycles. The summed E-state index contributed by atoms with van der Waals surface area (Å²) in [5, 5.41) is 1.24. The summed E-state index contributed by atoms with van der Waals surface area (Å²) < 4.78 is 0. The van der Waals surface area contributed by atoms with Gasteiger partial charge in [0.15, 0.2) is 0 Å². The van der Waals surface area contributed by atoms with E-state index in [1.54, 1.807) is 0 Å². The van der Waals surface area contributed by atoms with Gasteiger partial charge in [-0.15, -0.1) is 0 Å².